The van der Waals surface area contributed by atoms with E-state index in [1.165, 1.54) is 0 Å². The van der Waals surface area contributed by atoms with Crippen LogP contribution in [0.4, 0.5) is 16.1 Å². The van der Waals surface area contributed by atoms with Gasteiger partial charge in [-0.05, 0) is 55.1 Å². The Kier molecular flexibility index (Phi) is 7.41. The molecule has 0 saturated carbocycles. The van der Waals surface area contributed by atoms with Gasteiger partial charge in [0, 0.05) is 25.6 Å². The number of fused-ring (bicyclic) bond motifs is 2. The molecule has 1 saturated heterocycles. The number of rotatable bonds is 3. The van der Waals surface area contributed by atoms with Crippen LogP contribution in [0, 0.1) is 11.7 Å². The molecular weight excluding hydrogens is 442 g/mol. The van der Waals surface area contributed by atoms with Gasteiger partial charge in [0.1, 0.15) is 11.3 Å². The molecule has 2 N–H and O–H groups in total. The predicted molar refractivity (Wildman–Crippen MR) is 124 cm³/mol. The fraction of sp³-hybridized carbons (Fsp3) is 0.364. The molecule has 0 bridgehead atoms. The van der Waals surface area contributed by atoms with Gasteiger partial charge in [-0.2, -0.15) is 4.98 Å². The third-order valence-corrected chi connectivity index (χ3v) is 5.88. The maximum atomic E-state index is 14.8. The Morgan fingerprint density at radius 1 is 1.16 bits per heavy atom. The number of aromatic nitrogens is 1. The van der Waals surface area contributed by atoms with Gasteiger partial charge >= 0.3 is 0 Å². The van der Waals surface area contributed by atoms with Gasteiger partial charge in [-0.25, -0.2) is 4.39 Å². The minimum Gasteiger partial charge on any atom is -0.423 e. The number of carbonyl (C=O) groups excluding carboxylic acids is 1. The van der Waals surface area contributed by atoms with Crippen LogP contribution < -0.4 is 15.5 Å². The van der Waals surface area contributed by atoms with Gasteiger partial charge in [-0.3, -0.25) is 4.79 Å². The number of nitrogens with zero attached hydrogens (tertiary/aromatic N) is 2. The first-order valence-electron chi connectivity index (χ1n) is 10.1. The molecular formula is C22H25Cl2FN4O2. The first-order valence-corrected chi connectivity index (χ1v) is 10.1. The maximum Gasteiger partial charge on any atom is 0.298 e. The normalized spacial score (nSPS) is 16.2. The number of hydrogen-bond acceptors (Lipinski definition) is 5. The SMILES string of the molecule is Cl.Cl.O=C(Nc1ccc2c(c1F)CCNC2)C1CCN(c2nc3ccccc3o2)CC1. The summed E-state index contributed by atoms with van der Waals surface area (Å²) in [6.07, 6.45) is 2.01. The number of hydrogen-bond donors (Lipinski definition) is 2. The van der Waals surface area contributed by atoms with Crippen LogP contribution in [0.15, 0.2) is 40.8 Å². The van der Waals surface area contributed by atoms with E-state index >= 15 is 0 Å². The highest BCUT2D eigenvalue weighted by atomic mass is 35.5. The topological polar surface area (TPSA) is 70.4 Å². The number of carbonyl (C=O) groups is 1. The van der Waals surface area contributed by atoms with Crippen molar-refractivity contribution in [1.82, 2.24) is 10.3 Å². The Bertz CT molecular complexity index is 1030. The maximum absolute atomic E-state index is 14.8. The molecule has 31 heavy (non-hydrogen) atoms. The lowest BCUT2D eigenvalue weighted by atomic mass is 9.95. The van der Waals surface area contributed by atoms with Crippen molar-refractivity contribution in [2.45, 2.75) is 25.8 Å². The molecule has 0 atom stereocenters. The van der Waals surface area contributed by atoms with E-state index in [2.05, 4.69) is 20.5 Å². The summed E-state index contributed by atoms with van der Waals surface area (Å²) in [5.41, 5.74) is 3.57. The average Bonchev–Trinajstić information content (AvgIpc) is 3.20. The van der Waals surface area contributed by atoms with Crippen molar-refractivity contribution in [2.24, 2.45) is 5.92 Å². The lowest BCUT2D eigenvalue weighted by molar-refractivity contribution is -0.120. The molecule has 6 nitrogen and oxygen atoms in total. The Morgan fingerprint density at radius 2 is 1.94 bits per heavy atom. The fourth-order valence-electron chi connectivity index (χ4n) is 4.19. The monoisotopic (exact) mass is 466 g/mol. The van der Waals surface area contributed by atoms with E-state index < -0.39 is 0 Å². The van der Waals surface area contributed by atoms with Crippen molar-refractivity contribution in [3.63, 3.8) is 0 Å². The number of para-hydroxylation sites is 2. The largest absolute Gasteiger partial charge is 0.423 e. The number of halogens is 3. The zero-order valence-electron chi connectivity index (χ0n) is 16.9. The van der Waals surface area contributed by atoms with Crippen LogP contribution in [-0.4, -0.2) is 30.5 Å². The van der Waals surface area contributed by atoms with Crippen LogP contribution in [0.5, 0.6) is 0 Å². The number of nitrogens with one attached hydrogen (secondary N) is 2. The van der Waals surface area contributed by atoms with E-state index in [9.17, 15) is 9.18 Å². The minimum absolute atomic E-state index is 0. The first-order chi connectivity index (χ1) is 14.2. The number of piperidine rings is 1. The summed E-state index contributed by atoms with van der Waals surface area (Å²) in [7, 11) is 0. The molecule has 2 aliphatic heterocycles. The molecule has 5 rings (SSSR count). The van der Waals surface area contributed by atoms with Gasteiger partial charge in [-0.1, -0.05) is 18.2 Å². The molecule has 0 radical (unpaired) electrons. The van der Waals surface area contributed by atoms with Gasteiger partial charge in [-0.15, -0.1) is 24.8 Å². The molecule has 2 aromatic carbocycles. The van der Waals surface area contributed by atoms with E-state index in [4.69, 9.17) is 4.42 Å². The van der Waals surface area contributed by atoms with Gasteiger partial charge in [0.2, 0.25) is 5.91 Å². The molecule has 0 aliphatic carbocycles. The predicted octanol–water partition coefficient (Wildman–Crippen LogP) is 4.31. The number of amides is 1. The van der Waals surface area contributed by atoms with Crippen molar-refractivity contribution in [2.75, 3.05) is 29.9 Å². The summed E-state index contributed by atoms with van der Waals surface area (Å²) in [4.78, 5) is 19.3. The summed E-state index contributed by atoms with van der Waals surface area (Å²) >= 11 is 0. The lowest BCUT2D eigenvalue weighted by Crippen LogP contribution is -2.38. The van der Waals surface area contributed by atoms with Gasteiger partial charge < -0.3 is 20.0 Å². The van der Waals surface area contributed by atoms with Crippen LogP contribution in [0.1, 0.15) is 24.0 Å². The van der Waals surface area contributed by atoms with Crippen molar-refractivity contribution < 1.29 is 13.6 Å². The second-order valence-electron chi connectivity index (χ2n) is 7.71. The fourth-order valence-corrected chi connectivity index (χ4v) is 4.19. The molecule has 0 spiro atoms. The van der Waals surface area contributed by atoms with Crippen LogP contribution in [0.3, 0.4) is 0 Å². The Hall–Kier alpha value is -2.35. The van der Waals surface area contributed by atoms with Crippen molar-refractivity contribution in [3.05, 3.63) is 53.3 Å². The minimum atomic E-state index is -0.290. The second-order valence-corrected chi connectivity index (χ2v) is 7.71. The van der Waals surface area contributed by atoms with Crippen molar-refractivity contribution >= 4 is 53.5 Å². The average molecular weight is 467 g/mol. The lowest BCUT2D eigenvalue weighted by Gasteiger charge is -2.30. The highest BCUT2D eigenvalue weighted by Crippen LogP contribution is 2.28. The standard InChI is InChI=1S/C22H23FN4O2.2ClH/c23-20-16-7-10-24-13-15(16)5-6-18(20)25-21(28)14-8-11-27(12-9-14)22-26-17-3-1-2-4-19(17)29-22;;/h1-6,14,24H,7-13H2,(H,25,28);2*1H. The summed E-state index contributed by atoms with van der Waals surface area (Å²) in [5, 5.41) is 6.05. The van der Waals surface area contributed by atoms with Crippen molar-refractivity contribution in [3.8, 4) is 0 Å². The molecule has 1 aromatic heterocycles. The van der Waals surface area contributed by atoms with E-state index in [-0.39, 0.29) is 48.1 Å². The number of oxazole rings is 1. The third kappa shape index (κ3) is 4.63. The van der Waals surface area contributed by atoms with Gasteiger partial charge in [0.25, 0.3) is 6.01 Å². The summed E-state index contributed by atoms with van der Waals surface area (Å²) in [6, 6.07) is 11.8. The molecule has 3 aromatic rings. The number of anilines is 2. The summed E-state index contributed by atoms with van der Waals surface area (Å²) < 4.78 is 20.6. The quantitative estimate of drug-likeness (QED) is 0.601. The van der Waals surface area contributed by atoms with Crippen molar-refractivity contribution in [1.29, 1.82) is 0 Å². The van der Waals surface area contributed by atoms with Crippen LogP contribution in [-0.2, 0) is 17.8 Å². The third-order valence-electron chi connectivity index (χ3n) is 5.88. The van der Waals surface area contributed by atoms with Crippen LogP contribution >= 0.6 is 24.8 Å². The Morgan fingerprint density at radius 3 is 2.71 bits per heavy atom. The molecule has 2 aliphatic rings. The Labute approximate surface area is 192 Å². The van der Waals surface area contributed by atoms with Gasteiger partial charge in [0.15, 0.2) is 5.58 Å². The first kappa shape index (κ1) is 23.3. The van der Waals surface area contributed by atoms with E-state index in [0.717, 1.165) is 23.2 Å². The highest BCUT2D eigenvalue weighted by Gasteiger charge is 2.28. The second kappa shape index (κ2) is 9.85. The highest BCUT2D eigenvalue weighted by molar-refractivity contribution is 5.93. The zero-order valence-corrected chi connectivity index (χ0v) is 18.5. The van der Waals surface area contributed by atoms with Crippen LogP contribution in [0.2, 0.25) is 0 Å². The molecule has 9 heteroatoms. The zero-order chi connectivity index (χ0) is 19.8. The smallest absolute Gasteiger partial charge is 0.298 e. The summed E-state index contributed by atoms with van der Waals surface area (Å²) in [6.45, 7) is 2.80. The van der Waals surface area contributed by atoms with E-state index in [1.54, 1.807) is 6.07 Å². The summed E-state index contributed by atoms with van der Waals surface area (Å²) in [5.74, 6) is -0.552. The molecule has 1 amide bonds. The molecule has 166 valence electrons. The number of benzene rings is 2. The Balaban J connectivity index is 0.00000136. The molecule has 0 unspecified atom stereocenters. The van der Waals surface area contributed by atoms with Crippen LogP contribution in [0.25, 0.3) is 11.1 Å². The van der Waals surface area contributed by atoms with Gasteiger partial charge in [0.05, 0.1) is 5.69 Å². The van der Waals surface area contributed by atoms with E-state index in [0.29, 0.717) is 50.5 Å². The molecule has 1 fully saturated rings. The van der Waals surface area contributed by atoms with E-state index in [1.807, 2.05) is 30.3 Å². The molecule has 3 heterocycles.